The van der Waals surface area contributed by atoms with Crippen LogP contribution in [-0.4, -0.2) is 36.8 Å². The second-order valence-corrected chi connectivity index (χ2v) is 5.30. The monoisotopic (exact) mass is 340 g/mol. The zero-order valence-electron chi connectivity index (χ0n) is 13.5. The molecule has 0 aliphatic rings. The Morgan fingerprint density at radius 3 is 2.76 bits per heavy atom. The van der Waals surface area contributed by atoms with E-state index in [2.05, 4.69) is 20.4 Å². The Morgan fingerprint density at radius 1 is 1.24 bits per heavy atom. The molecule has 0 atom stereocenters. The third kappa shape index (κ3) is 3.55. The molecule has 3 aromatic heterocycles. The molecule has 0 fully saturated rings. The minimum Gasteiger partial charge on any atom is -0.350 e. The van der Waals surface area contributed by atoms with Gasteiger partial charge in [-0.25, -0.2) is 9.48 Å². The molecule has 2 N–H and O–H groups in total. The van der Waals surface area contributed by atoms with Crippen molar-refractivity contribution in [1.82, 2.24) is 29.6 Å². The maximum absolute atomic E-state index is 12.2. The summed E-state index contributed by atoms with van der Waals surface area (Å²) in [4.78, 5) is 41.8. The van der Waals surface area contributed by atoms with Gasteiger partial charge in [-0.3, -0.25) is 19.1 Å². The van der Waals surface area contributed by atoms with Gasteiger partial charge in [0, 0.05) is 32.1 Å². The van der Waals surface area contributed by atoms with E-state index in [1.165, 1.54) is 27.6 Å². The Balaban J connectivity index is 1.68. The summed E-state index contributed by atoms with van der Waals surface area (Å²) in [5.41, 5.74) is 0.359. The lowest BCUT2D eigenvalue weighted by Crippen LogP contribution is -2.32. The highest BCUT2D eigenvalue weighted by Crippen LogP contribution is 2.10. The van der Waals surface area contributed by atoms with Crippen LogP contribution in [0.15, 0.2) is 52.3 Å². The number of pyridine rings is 2. The van der Waals surface area contributed by atoms with E-state index in [0.717, 1.165) is 0 Å². The molecule has 0 saturated carbocycles. The van der Waals surface area contributed by atoms with E-state index in [0.29, 0.717) is 17.1 Å². The van der Waals surface area contributed by atoms with Crippen LogP contribution in [0.2, 0.25) is 0 Å². The summed E-state index contributed by atoms with van der Waals surface area (Å²) in [7, 11) is 1.62. The van der Waals surface area contributed by atoms with Crippen molar-refractivity contribution in [2.75, 3.05) is 6.54 Å². The molecule has 3 aromatic rings. The molecule has 9 heteroatoms. The summed E-state index contributed by atoms with van der Waals surface area (Å²) in [6, 6.07) is 8.07. The lowest BCUT2D eigenvalue weighted by Gasteiger charge is -2.04. The molecule has 0 aromatic carbocycles. The van der Waals surface area contributed by atoms with E-state index >= 15 is 0 Å². The standard InChI is InChI=1S/C16H16N6O3/c1-21-14(12-4-2-3-7-17-12)20-22(16(21)25)9-8-18-15(24)11-5-6-13(23)19-10-11/h2-7,10H,8-9H2,1H3,(H,18,24)(H,19,23). The van der Waals surface area contributed by atoms with Crippen LogP contribution in [-0.2, 0) is 13.6 Å². The molecule has 0 bridgehead atoms. The molecular weight excluding hydrogens is 324 g/mol. The summed E-state index contributed by atoms with van der Waals surface area (Å²) >= 11 is 0. The fraction of sp³-hybridized carbons (Fsp3) is 0.188. The van der Waals surface area contributed by atoms with Crippen molar-refractivity contribution in [2.45, 2.75) is 6.54 Å². The van der Waals surface area contributed by atoms with Crippen molar-refractivity contribution in [2.24, 2.45) is 7.05 Å². The number of aromatic amines is 1. The van der Waals surface area contributed by atoms with Crippen molar-refractivity contribution < 1.29 is 4.79 Å². The molecule has 0 aliphatic heterocycles. The van der Waals surface area contributed by atoms with Crippen LogP contribution in [0.5, 0.6) is 0 Å². The van der Waals surface area contributed by atoms with Crippen molar-refractivity contribution in [3.63, 3.8) is 0 Å². The highest BCUT2D eigenvalue weighted by atomic mass is 16.2. The van der Waals surface area contributed by atoms with Gasteiger partial charge in [0.05, 0.1) is 12.1 Å². The van der Waals surface area contributed by atoms with Gasteiger partial charge in [0.25, 0.3) is 5.91 Å². The van der Waals surface area contributed by atoms with E-state index in [4.69, 9.17) is 0 Å². The third-order valence-electron chi connectivity index (χ3n) is 3.59. The number of hydrogen-bond acceptors (Lipinski definition) is 5. The molecule has 0 spiro atoms. The number of H-pyrrole nitrogens is 1. The van der Waals surface area contributed by atoms with Crippen LogP contribution in [0.25, 0.3) is 11.5 Å². The number of carbonyl (C=O) groups is 1. The SMILES string of the molecule is Cn1c(-c2ccccn2)nn(CCNC(=O)c2ccc(=O)[nH]c2)c1=O. The van der Waals surface area contributed by atoms with Crippen molar-refractivity contribution in [1.29, 1.82) is 0 Å². The maximum atomic E-state index is 12.2. The van der Waals surface area contributed by atoms with Gasteiger partial charge < -0.3 is 10.3 Å². The van der Waals surface area contributed by atoms with E-state index in [-0.39, 0.29) is 30.2 Å². The second-order valence-electron chi connectivity index (χ2n) is 5.30. The van der Waals surface area contributed by atoms with Gasteiger partial charge in [0.1, 0.15) is 5.69 Å². The average Bonchev–Trinajstić information content (AvgIpc) is 2.91. The lowest BCUT2D eigenvalue weighted by atomic mass is 10.3. The van der Waals surface area contributed by atoms with Gasteiger partial charge in [0.15, 0.2) is 5.82 Å². The second kappa shape index (κ2) is 6.95. The molecule has 0 saturated heterocycles. The molecule has 3 heterocycles. The molecule has 1 amide bonds. The Bertz CT molecular complexity index is 982. The quantitative estimate of drug-likeness (QED) is 0.665. The normalized spacial score (nSPS) is 10.6. The highest BCUT2D eigenvalue weighted by molar-refractivity contribution is 5.93. The van der Waals surface area contributed by atoms with Crippen LogP contribution in [0, 0.1) is 0 Å². The van der Waals surface area contributed by atoms with Crippen LogP contribution in [0.4, 0.5) is 0 Å². The fourth-order valence-electron chi connectivity index (χ4n) is 2.28. The van der Waals surface area contributed by atoms with E-state index in [1.807, 2.05) is 6.07 Å². The van der Waals surface area contributed by atoms with Crippen molar-refractivity contribution in [3.05, 3.63) is 69.1 Å². The number of carbonyl (C=O) groups excluding carboxylic acids is 1. The van der Waals surface area contributed by atoms with Gasteiger partial charge >= 0.3 is 5.69 Å². The number of nitrogens with one attached hydrogen (secondary N) is 2. The molecule has 0 radical (unpaired) electrons. The first-order valence-corrected chi connectivity index (χ1v) is 7.58. The topological polar surface area (TPSA) is 115 Å². The minimum atomic E-state index is -0.342. The van der Waals surface area contributed by atoms with Crippen LogP contribution in [0.3, 0.4) is 0 Å². The zero-order chi connectivity index (χ0) is 17.8. The summed E-state index contributed by atoms with van der Waals surface area (Å²) in [5, 5.41) is 6.94. The Labute approximate surface area is 142 Å². The van der Waals surface area contributed by atoms with Gasteiger partial charge in [-0.1, -0.05) is 6.07 Å². The Morgan fingerprint density at radius 2 is 2.08 bits per heavy atom. The van der Waals surface area contributed by atoms with Gasteiger partial charge in [-0.2, -0.15) is 0 Å². The molecule has 0 aliphatic carbocycles. The van der Waals surface area contributed by atoms with E-state index < -0.39 is 0 Å². The lowest BCUT2D eigenvalue weighted by molar-refractivity contribution is 0.0951. The first-order chi connectivity index (χ1) is 12.1. The Hall–Kier alpha value is -3.49. The fourth-order valence-corrected chi connectivity index (χ4v) is 2.28. The molecule has 9 nitrogen and oxygen atoms in total. The van der Waals surface area contributed by atoms with Gasteiger partial charge in [-0.15, -0.1) is 5.10 Å². The largest absolute Gasteiger partial charge is 0.350 e. The number of aromatic nitrogens is 5. The van der Waals surface area contributed by atoms with Crippen molar-refractivity contribution in [3.8, 4) is 11.5 Å². The summed E-state index contributed by atoms with van der Waals surface area (Å²) in [5.74, 6) is 0.114. The number of nitrogens with zero attached hydrogens (tertiary/aromatic N) is 4. The smallest absolute Gasteiger partial charge is 0.346 e. The molecule has 0 unspecified atom stereocenters. The highest BCUT2D eigenvalue weighted by Gasteiger charge is 2.13. The summed E-state index contributed by atoms with van der Waals surface area (Å²) in [6.07, 6.45) is 2.97. The van der Waals surface area contributed by atoms with Crippen LogP contribution >= 0.6 is 0 Å². The molecule has 25 heavy (non-hydrogen) atoms. The van der Waals surface area contributed by atoms with E-state index in [9.17, 15) is 14.4 Å². The van der Waals surface area contributed by atoms with Crippen LogP contribution < -0.4 is 16.6 Å². The maximum Gasteiger partial charge on any atom is 0.346 e. The average molecular weight is 340 g/mol. The minimum absolute atomic E-state index is 0.217. The number of amides is 1. The van der Waals surface area contributed by atoms with Crippen molar-refractivity contribution >= 4 is 5.91 Å². The first kappa shape index (κ1) is 16.4. The van der Waals surface area contributed by atoms with Gasteiger partial charge in [0.2, 0.25) is 5.56 Å². The zero-order valence-corrected chi connectivity index (χ0v) is 13.5. The third-order valence-corrected chi connectivity index (χ3v) is 3.59. The summed E-state index contributed by atoms with van der Waals surface area (Å²) in [6.45, 7) is 0.436. The van der Waals surface area contributed by atoms with Gasteiger partial charge in [-0.05, 0) is 18.2 Å². The molecular formula is C16H16N6O3. The predicted molar refractivity (Wildman–Crippen MR) is 90.1 cm³/mol. The Kier molecular flexibility index (Phi) is 4.55. The summed E-state index contributed by atoms with van der Waals surface area (Å²) < 4.78 is 2.68. The number of rotatable bonds is 5. The van der Waals surface area contributed by atoms with Crippen LogP contribution in [0.1, 0.15) is 10.4 Å². The number of hydrogen-bond donors (Lipinski definition) is 2. The predicted octanol–water partition coefficient (Wildman–Crippen LogP) is -0.238. The first-order valence-electron chi connectivity index (χ1n) is 7.58. The van der Waals surface area contributed by atoms with E-state index in [1.54, 1.807) is 25.4 Å². The molecule has 128 valence electrons. The molecule has 3 rings (SSSR count).